The molecule has 0 radical (unpaired) electrons. The van der Waals surface area contributed by atoms with Crippen LogP contribution < -0.4 is 0 Å². The Kier molecular flexibility index (Phi) is 3.72. The van der Waals surface area contributed by atoms with E-state index in [9.17, 15) is 5.11 Å². The van der Waals surface area contributed by atoms with Crippen LogP contribution in [-0.2, 0) is 6.42 Å². The van der Waals surface area contributed by atoms with Crippen LogP contribution in [0.15, 0.2) is 23.2 Å². The minimum Gasteiger partial charge on any atom is -0.508 e. The van der Waals surface area contributed by atoms with E-state index in [0.717, 1.165) is 24.7 Å². The standard InChI is InChI=1S/C20H27NO2/c1-20-9-8-16-15-5-3-14(23)12-13(15)2-4-17(16)18(20)6-7-19(20)21-10-11-22/h3,5,12,16-18,22-23H,2,4,6-11H2,1H3/t16-,17-,18+,20+/m1/s1. The van der Waals surface area contributed by atoms with Gasteiger partial charge >= 0.3 is 0 Å². The molecule has 0 amide bonds. The molecule has 2 fully saturated rings. The SMILES string of the molecule is C[C@]12CC[C@@H]3c4ccc(O)cc4CC[C@H]3[C@@H]1CCC2=NCCO. The van der Waals surface area contributed by atoms with Gasteiger partial charge in [0.25, 0.3) is 0 Å². The molecule has 3 heteroatoms. The lowest BCUT2D eigenvalue weighted by molar-refractivity contribution is 0.0954. The van der Waals surface area contributed by atoms with E-state index >= 15 is 0 Å². The van der Waals surface area contributed by atoms with Crippen LogP contribution >= 0.6 is 0 Å². The van der Waals surface area contributed by atoms with E-state index in [1.165, 1.54) is 42.5 Å². The van der Waals surface area contributed by atoms with Gasteiger partial charge < -0.3 is 10.2 Å². The molecule has 0 aromatic heterocycles. The number of aromatic hydroxyl groups is 1. The van der Waals surface area contributed by atoms with Gasteiger partial charge in [0, 0.05) is 11.1 Å². The molecule has 0 heterocycles. The first-order valence-electron chi connectivity index (χ1n) is 9.10. The van der Waals surface area contributed by atoms with E-state index in [4.69, 9.17) is 10.1 Å². The molecule has 1 aromatic carbocycles. The normalized spacial score (nSPS) is 37.3. The summed E-state index contributed by atoms with van der Waals surface area (Å²) in [6.07, 6.45) is 7.16. The number of phenols is 1. The number of hydrogen-bond acceptors (Lipinski definition) is 3. The van der Waals surface area contributed by atoms with Crippen molar-refractivity contribution in [1.29, 1.82) is 0 Å². The predicted octanol–water partition coefficient (Wildman–Crippen LogP) is 3.68. The molecule has 23 heavy (non-hydrogen) atoms. The summed E-state index contributed by atoms with van der Waals surface area (Å²) in [5.74, 6) is 2.56. The first kappa shape index (κ1) is 15.2. The number of benzene rings is 1. The third kappa shape index (κ3) is 2.32. The van der Waals surface area contributed by atoms with Crippen molar-refractivity contribution in [2.45, 2.75) is 51.4 Å². The second kappa shape index (κ2) is 5.62. The van der Waals surface area contributed by atoms with Crippen LogP contribution in [0.4, 0.5) is 0 Å². The van der Waals surface area contributed by atoms with Crippen LogP contribution in [0.25, 0.3) is 0 Å². The summed E-state index contributed by atoms with van der Waals surface area (Å²) in [5.41, 5.74) is 4.47. The van der Waals surface area contributed by atoms with Gasteiger partial charge in [-0.3, -0.25) is 4.99 Å². The first-order chi connectivity index (χ1) is 11.1. The van der Waals surface area contributed by atoms with Gasteiger partial charge in [0.05, 0.1) is 13.2 Å². The molecule has 0 bridgehead atoms. The van der Waals surface area contributed by atoms with E-state index in [1.807, 2.05) is 12.1 Å². The Bertz CT molecular complexity index is 639. The Morgan fingerprint density at radius 3 is 2.91 bits per heavy atom. The highest BCUT2D eigenvalue weighted by Gasteiger charge is 2.53. The highest BCUT2D eigenvalue weighted by molar-refractivity contribution is 5.92. The summed E-state index contributed by atoms with van der Waals surface area (Å²) >= 11 is 0. The summed E-state index contributed by atoms with van der Waals surface area (Å²) in [7, 11) is 0. The molecule has 1 aromatic rings. The minimum absolute atomic E-state index is 0.160. The lowest BCUT2D eigenvalue weighted by Crippen LogP contribution is -2.42. The van der Waals surface area contributed by atoms with Crippen LogP contribution in [0, 0.1) is 17.3 Å². The van der Waals surface area contributed by atoms with E-state index in [0.29, 0.717) is 18.2 Å². The average molecular weight is 313 g/mol. The lowest BCUT2D eigenvalue weighted by atomic mass is 9.55. The molecule has 2 N–H and O–H groups in total. The molecular weight excluding hydrogens is 286 g/mol. The fraction of sp³-hybridized carbons (Fsp3) is 0.650. The Balaban J connectivity index is 1.65. The monoisotopic (exact) mass is 313 g/mol. The number of aliphatic hydroxyl groups is 1. The zero-order valence-electron chi connectivity index (χ0n) is 14.0. The molecule has 3 nitrogen and oxygen atoms in total. The van der Waals surface area contributed by atoms with Crippen molar-refractivity contribution in [2.24, 2.45) is 22.2 Å². The van der Waals surface area contributed by atoms with E-state index in [-0.39, 0.29) is 12.0 Å². The van der Waals surface area contributed by atoms with Crippen LogP contribution in [0.3, 0.4) is 0 Å². The molecule has 3 aliphatic carbocycles. The van der Waals surface area contributed by atoms with Crippen molar-refractivity contribution >= 4 is 5.71 Å². The second-order valence-corrected chi connectivity index (χ2v) is 7.85. The molecule has 4 atom stereocenters. The number of fused-ring (bicyclic) bond motifs is 5. The van der Waals surface area contributed by atoms with Gasteiger partial charge in [0.15, 0.2) is 0 Å². The zero-order valence-corrected chi connectivity index (χ0v) is 14.0. The van der Waals surface area contributed by atoms with Crippen molar-refractivity contribution in [3.05, 3.63) is 29.3 Å². The topological polar surface area (TPSA) is 52.8 Å². The van der Waals surface area contributed by atoms with Crippen LogP contribution in [0.5, 0.6) is 5.75 Å². The van der Waals surface area contributed by atoms with Gasteiger partial charge in [0.2, 0.25) is 0 Å². The fourth-order valence-electron chi connectivity index (χ4n) is 5.80. The van der Waals surface area contributed by atoms with Gasteiger partial charge in [-0.1, -0.05) is 13.0 Å². The van der Waals surface area contributed by atoms with Crippen molar-refractivity contribution < 1.29 is 10.2 Å². The van der Waals surface area contributed by atoms with Crippen molar-refractivity contribution in [3.8, 4) is 5.75 Å². The Labute approximate surface area is 138 Å². The minimum atomic E-state index is 0.160. The maximum absolute atomic E-state index is 9.76. The Hall–Kier alpha value is -1.35. The zero-order chi connectivity index (χ0) is 16.0. The van der Waals surface area contributed by atoms with Crippen molar-refractivity contribution in [1.82, 2.24) is 0 Å². The molecule has 3 aliphatic rings. The first-order valence-corrected chi connectivity index (χ1v) is 9.10. The maximum Gasteiger partial charge on any atom is 0.115 e. The largest absolute Gasteiger partial charge is 0.508 e. The highest BCUT2D eigenvalue weighted by atomic mass is 16.3. The molecule has 2 saturated carbocycles. The molecule has 0 spiro atoms. The molecular formula is C20H27NO2. The third-order valence-electron chi connectivity index (χ3n) is 6.85. The molecule has 0 aliphatic heterocycles. The molecule has 4 rings (SSSR count). The lowest BCUT2D eigenvalue weighted by Gasteiger charge is -2.49. The van der Waals surface area contributed by atoms with Gasteiger partial charge in [-0.15, -0.1) is 0 Å². The molecule has 0 saturated heterocycles. The quantitative estimate of drug-likeness (QED) is 0.875. The number of aliphatic imine (C=N–C) groups is 1. The number of phenolic OH excluding ortho intramolecular Hbond substituents is 1. The van der Waals surface area contributed by atoms with Gasteiger partial charge in [-0.2, -0.15) is 0 Å². The van der Waals surface area contributed by atoms with Crippen LogP contribution in [-0.4, -0.2) is 29.1 Å². The second-order valence-electron chi connectivity index (χ2n) is 7.85. The summed E-state index contributed by atoms with van der Waals surface area (Å²) < 4.78 is 0. The van der Waals surface area contributed by atoms with E-state index in [1.54, 1.807) is 0 Å². The molecule has 124 valence electrons. The number of rotatable bonds is 2. The van der Waals surface area contributed by atoms with Crippen molar-refractivity contribution in [3.63, 3.8) is 0 Å². The smallest absolute Gasteiger partial charge is 0.115 e. The van der Waals surface area contributed by atoms with E-state index in [2.05, 4.69) is 13.0 Å². The van der Waals surface area contributed by atoms with Gasteiger partial charge in [-0.05, 0) is 79.5 Å². The number of aryl methyl sites for hydroxylation is 1. The summed E-state index contributed by atoms with van der Waals surface area (Å²) in [6, 6.07) is 6.00. The fourth-order valence-corrected chi connectivity index (χ4v) is 5.80. The van der Waals surface area contributed by atoms with Crippen LogP contribution in [0.2, 0.25) is 0 Å². The van der Waals surface area contributed by atoms with Crippen molar-refractivity contribution in [2.75, 3.05) is 13.2 Å². The van der Waals surface area contributed by atoms with Gasteiger partial charge in [0.1, 0.15) is 5.75 Å². The van der Waals surface area contributed by atoms with Gasteiger partial charge in [-0.25, -0.2) is 0 Å². The van der Waals surface area contributed by atoms with Crippen LogP contribution in [0.1, 0.15) is 56.1 Å². The summed E-state index contributed by atoms with van der Waals surface area (Å²) in [4.78, 5) is 4.72. The maximum atomic E-state index is 9.76. The third-order valence-corrected chi connectivity index (χ3v) is 6.85. The highest BCUT2D eigenvalue weighted by Crippen LogP contribution is 2.59. The number of aliphatic hydroxyl groups excluding tert-OH is 1. The number of hydrogen-bond donors (Lipinski definition) is 2. The summed E-state index contributed by atoms with van der Waals surface area (Å²) in [6.45, 7) is 3.14. The summed E-state index contributed by atoms with van der Waals surface area (Å²) in [5, 5.41) is 18.9. The molecule has 0 unspecified atom stereocenters. The Morgan fingerprint density at radius 2 is 2.09 bits per heavy atom. The Morgan fingerprint density at radius 1 is 1.22 bits per heavy atom. The predicted molar refractivity (Wildman–Crippen MR) is 92.1 cm³/mol. The average Bonchev–Trinajstić information content (AvgIpc) is 2.89. The van der Waals surface area contributed by atoms with E-state index < -0.39 is 0 Å². The number of nitrogens with zero attached hydrogens (tertiary/aromatic N) is 1.